The maximum Gasteiger partial charge on any atom is 0.253 e. The summed E-state index contributed by atoms with van der Waals surface area (Å²) in [5, 5.41) is 3.58. The monoisotopic (exact) mass is 388 g/mol. The van der Waals surface area contributed by atoms with Crippen LogP contribution >= 0.6 is 23.4 Å². The van der Waals surface area contributed by atoms with Crippen molar-refractivity contribution in [2.24, 2.45) is 0 Å². The van der Waals surface area contributed by atoms with E-state index in [0.29, 0.717) is 22.0 Å². The van der Waals surface area contributed by atoms with E-state index in [4.69, 9.17) is 11.6 Å². The van der Waals surface area contributed by atoms with Crippen molar-refractivity contribution in [3.05, 3.63) is 64.7 Å². The molecule has 26 heavy (non-hydrogen) atoms. The number of benzene rings is 2. The first-order chi connectivity index (χ1) is 12.6. The molecule has 6 heteroatoms. The van der Waals surface area contributed by atoms with Crippen LogP contribution in [0.15, 0.2) is 48.5 Å². The number of halogens is 1. The molecule has 3 rings (SSSR count). The Morgan fingerprint density at radius 3 is 2.31 bits per heavy atom. The number of rotatable bonds is 6. The Morgan fingerprint density at radius 2 is 1.65 bits per heavy atom. The van der Waals surface area contributed by atoms with E-state index in [1.165, 1.54) is 0 Å². The van der Waals surface area contributed by atoms with Gasteiger partial charge in [-0.1, -0.05) is 23.7 Å². The first-order valence-electron chi connectivity index (χ1n) is 8.63. The van der Waals surface area contributed by atoms with Crippen LogP contribution in [0.2, 0.25) is 5.02 Å². The SMILES string of the molecule is O=C(CSCc1ccc(Cl)cc1)Nc1ccc(C(=O)N2CCCC2)cc1. The van der Waals surface area contributed by atoms with E-state index in [2.05, 4.69) is 5.32 Å². The second-order valence-corrected chi connectivity index (χ2v) is 7.67. The van der Waals surface area contributed by atoms with Crippen LogP contribution in [0.5, 0.6) is 0 Å². The molecule has 1 aliphatic rings. The summed E-state index contributed by atoms with van der Waals surface area (Å²) < 4.78 is 0. The molecule has 0 aromatic heterocycles. The van der Waals surface area contributed by atoms with Crippen LogP contribution < -0.4 is 5.32 Å². The Hall–Kier alpha value is -1.98. The molecule has 0 saturated carbocycles. The average molecular weight is 389 g/mol. The molecule has 2 aromatic carbocycles. The molecular weight excluding hydrogens is 368 g/mol. The van der Waals surface area contributed by atoms with Crippen molar-refractivity contribution in [1.29, 1.82) is 0 Å². The third kappa shape index (κ3) is 5.26. The van der Waals surface area contributed by atoms with Crippen LogP contribution in [0.4, 0.5) is 5.69 Å². The lowest BCUT2D eigenvalue weighted by atomic mass is 10.2. The molecule has 2 amide bonds. The van der Waals surface area contributed by atoms with Crippen LogP contribution in [-0.4, -0.2) is 35.6 Å². The van der Waals surface area contributed by atoms with Crippen molar-refractivity contribution < 1.29 is 9.59 Å². The van der Waals surface area contributed by atoms with E-state index in [1.807, 2.05) is 29.2 Å². The van der Waals surface area contributed by atoms with Crippen LogP contribution in [-0.2, 0) is 10.5 Å². The Bertz CT molecular complexity index is 756. The Labute approximate surface area is 162 Å². The summed E-state index contributed by atoms with van der Waals surface area (Å²) in [6, 6.07) is 14.7. The van der Waals surface area contributed by atoms with Gasteiger partial charge in [-0.25, -0.2) is 0 Å². The van der Waals surface area contributed by atoms with Crippen molar-refractivity contribution in [2.45, 2.75) is 18.6 Å². The van der Waals surface area contributed by atoms with E-state index >= 15 is 0 Å². The van der Waals surface area contributed by atoms with E-state index in [-0.39, 0.29) is 11.8 Å². The molecule has 1 fully saturated rings. The second kappa shape index (κ2) is 9.10. The Balaban J connectivity index is 1.45. The summed E-state index contributed by atoms with van der Waals surface area (Å²) >= 11 is 7.41. The minimum Gasteiger partial charge on any atom is -0.339 e. The fraction of sp³-hybridized carbons (Fsp3) is 0.300. The van der Waals surface area contributed by atoms with Crippen LogP contribution in [0.25, 0.3) is 0 Å². The highest BCUT2D eigenvalue weighted by Gasteiger charge is 2.19. The molecule has 1 N–H and O–H groups in total. The van der Waals surface area contributed by atoms with E-state index in [0.717, 1.165) is 37.2 Å². The summed E-state index contributed by atoms with van der Waals surface area (Å²) in [4.78, 5) is 26.2. The minimum atomic E-state index is -0.0532. The van der Waals surface area contributed by atoms with Crippen molar-refractivity contribution >= 4 is 40.9 Å². The fourth-order valence-electron chi connectivity index (χ4n) is 2.84. The number of hydrogen-bond acceptors (Lipinski definition) is 3. The molecule has 4 nitrogen and oxygen atoms in total. The van der Waals surface area contributed by atoms with E-state index in [9.17, 15) is 9.59 Å². The number of nitrogens with one attached hydrogen (secondary N) is 1. The first-order valence-corrected chi connectivity index (χ1v) is 10.2. The van der Waals surface area contributed by atoms with Crippen molar-refractivity contribution in [3.63, 3.8) is 0 Å². The molecule has 0 spiro atoms. The zero-order chi connectivity index (χ0) is 18.4. The van der Waals surface area contributed by atoms with Gasteiger partial charge >= 0.3 is 0 Å². The summed E-state index contributed by atoms with van der Waals surface area (Å²) in [7, 11) is 0. The largest absolute Gasteiger partial charge is 0.339 e. The first kappa shape index (κ1) is 18.8. The summed E-state index contributed by atoms with van der Waals surface area (Å²) in [6.07, 6.45) is 2.15. The molecule has 136 valence electrons. The molecule has 2 aromatic rings. The van der Waals surface area contributed by atoms with Gasteiger partial charge in [-0.2, -0.15) is 0 Å². The normalized spacial score (nSPS) is 13.7. The predicted molar refractivity (Wildman–Crippen MR) is 108 cm³/mol. The quantitative estimate of drug-likeness (QED) is 0.795. The molecule has 0 atom stereocenters. The van der Waals surface area contributed by atoms with Gasteiger partial charge in [-0.05, 0) is 54.8 Å². The number of nitrogens with zero attached hydrogens (tertiary/aromatic N) is 1. The average Bonchev–Trinajstić information content (AvgIpc) is 3.18. The summed E-state index contributed by atoms with van der Waals surface area (Å²) in [5.74, 6) is 1.15. The van der Waals surface area contributed by atoms with E-state index < -0.39 is 0 Å². The number of amides is 2. The number of carbonyl (C=O) groups is 2. The lowest BCUT2D eigenvalue weighted by Gasteiger charge is -2.15. The number of carbonyl (C=O) groups excluding carboxylic acids is 2. The van der Waals surface area contributed by atoms with Crippen LogP contribution in [0, 0.1) is 0 Å². The zero-order valence-corrected chi connectivity index (χ0v) is 16.0. The van der Waals surface area contributed by atoms with Gasteiger partial charge in [0.1, 0.15) is 0 Å². The lowest BCUT2D eigenvalue weighted by molar-refractivity contribution is -0.113. The van der Waals surface area contributed by atoms with Gasteiger partial charge in [-0.15, -0.1) is 11.8 Å². The van der Waals surface area contributed by atoms with Gasteiger partial charge in [-0.3, -0.25) is 9.59 Å². The summed E-state index contributed by atoms with van der Waals surface area (Å²) in [6.45, 7) is 1.67. The second-order valence-electron chi connectivity index (χ2n) is 6.24. The third-order valence-electron chi connectivity index (χ3n) is 4.22. The molecular formula is C20H21ClN2O2S. The maximum atomic E-state index is 12.3. The molecule has 0 radical (unpaired) electrons. The number of hydrogen-bond donors (Lipinski definition) is 1. The smallest absolute Gasteiger partial charge is 0.253 e. The van der Waals surface area contributed by atoms with Gasteiger partial charge in [0.15, 0.2) is 0 Å². The molecule has 1 aliphatic heterocycles. The Morgan fingerprint density at radius 1 is 1.00 bits per heavy atom. The number of thioether (sulfide) groups is 1. The van der Waals surface area contributed by atoms with Gasteiger partial charge in [0.05, 0.1) is 5.75 Å². The fourth-order valence-corrected chi connectivity index (χ4v) is 3.75. The van der Waals surface area contributed by atoms with Crippen molar-refractivity contribution in [3.8, 4) is 0 Å². The van der Waals surface area contributed by atoms with Gasteiger partial charge in [0.25, 0.3) is 5.91 Å². The van der Waals surface area contributed by atoms with E-state index in [1.54, 1.807) is 36.0 Å². The standard InChI is InChI=1S/C20H21ClN2O2S/c21-17-7-3-15(4-8-17)13-26-14-19(24)22-18-9-5-16(6-10-18)20(25)23-11-1-2-12-23/h3-10H,1-2,11-14H2,(H,22,24). The molecule has 1 saturated heterocycles. The minimum absolute atomic E-state index is 0.0532. The third-order valence-corrected chi connectivity index (χ3v) is 5.48. The highest BCUT2D eigenvalue weighted by Crippen LogP contribution is 2.17. The van der Waals surface area contributed by atoms with Gasteiger partial charge in [0, 0.05) is 35.1 Å². The molecule has 0 unspecified atom stereocenters. The molecule has 0 bridgehead atoms. The van der Waals surface area contributed by atoms with Crippen LogP contribution in [0.1, 0.15) is 28.8 Å². The van der Waals surface area contributed by atoms with Gasteiger partial charge < -0.3 is 10.2 Å². The molecule has 0 aliphatic carbocycles. The van der Waals surface area contributed by atoms with Crippen molar-refractivity contribution in [2.75, 3.05) is 24.2 Å². The number of anilines is 1. The highest BCUT2D eigenvalue weighted by atomic mass is 35.5. The van der Waals surface area contributed by atoms with Crippen molar-refractivity contribution in [1.82, 2.24) is 4.90 Å². The topological polar surface area (TPSA) is 49.4 Å². The van der Waals surface area contributed by atoms with Crippen LogP contribution in [0.3, 0.4) is 0 Å². The lowest BCUT2D eigenvalue weighted by Crippen LogP contribution is -2.27. The highest BCUT2D eigenvalue weighted by molar-refractivity contribution is 7.99. The summed E-state index contributed by atoms with van der Waals surface area (Å²) in [5.41, 5.74) is 2.51. The zero-order valence-electron chi connectivity index (χ0n) is 14.4. The molecule has 1 heterocycles. The van der Waals surface area contributed by atoms with Gasteiger partial charge in [0.2, 0.25) is 5.91 Å². The predicted octanol–water partition coefficient (Wildman–Crippen LogP) is 4.45. The Kier molecular flexibility index (Phi) is 6.58. The number of likely N-dealkylation sites (tertiary alicyclic amines) is 1. The maximum absolute atomic E-state index is 12.3.